The van der Waals surface area contributed by atoms with E-state index in [0.717, 1.165) is 16.9 Å². The highest BCUT2D eigenvalue weighted by Crippen LogP contribution is 2.27. The van der Waals surface area contributed by atoms with E-state index in [-0.39, 0.29) is 5.54 Å². The molecule has 20 heavy (non-hydrogen) atoms. The van der Waals surface area contributed by atoms with Crippen LogP contribution in [0, 0.1) is 6.92 Å². The average Bonchev–Trinajstić information content (AvgIpc) is 2.79. The molecule has 2 aromatic rings. The van der Waals surface area contributed by atoms with Crippen LogP contribution in [0.3, 0.4) is 0 Å². The lowest BCUT2D eigenvalue weighted by Gasteiger charge is -2.19. The van der Waals surface area contributed by atoms with Crippen LogP contribution in [0.15, 0.2) is 18.3 Å². The maximum Gasteiger partial charge on any atom is 0.0969 e. The van der Waals surface area contributed by atoms with Crippen molar-refractivity contribution in [1.82, 2.24) is 20.3 Å². The zero-order chi connectivity index (χ0) is 14.9. The molecule has 6 heteroatoms. The number of rotatable bonds is 3. The summed E-state index contributed by atoms with van der Waals surface area (Å²) in [5.41, 5.74) is 2.56. The van der Waals surface area contributed by atoms with Crippen LogP contribution in [0.25, 0.3) is 5.69 Å². The Labute approximate surface area is 129 Å². The van der Waals surface area contributed by atoms with Gasteiger partial charge in [0.2, 0.25) is 0 Å². The van der Waals surface area contributed by atoms with Crippen molar-refractivity contribution in [3.8, 4) is 5.69 Å². The maximum absolute atomic E-state index is 6.23. The zero-order valence-corrected chi connectivity index (χ0v) is 13.5. The number of nitrogens with one attached hydrogen (secondary N) is 1. The fourth-order valence-corrected chi connectivity index (χ4v) is 2.13. The van der Waals surface area contributed by atoms with Crippen molar-refractivity contribution >= 4 is 23.2 Å². The second kappa shape index (κ2) is 5.72. The first-order valence-corrected chi connectivity index (χ1v) is 7.14. The first kappa shape index (κ1) is 15.3. The molecule has 0 aliphatic carbocycles. The summed E-state index contributed by atoms with van der Waals surface area (Å²) in [5, 5.41) is 12.9. The van der Waals surface area contributed by atoms with Crippen molar-refractivity contribution in [3.05, 3.63) is 39.6 Å². The van der Waals surface area contributed by atoms with E-state index in [4.69, 9.17) is 23.2 Å². The standard InChI is InChI=1S/C14H18Cl2N4/c1-9-5-12(16)13(6-11(9)15)20-8-10(18-19-20)7-17-14(2,3)4/h5-6,8,17H,7H2,1-4H3. The Bertz CT molecular complexity index is 614. The topological polar surface area (TPSA) is 42.7 Å². The van der Waals surface area contributed by atoms with Crippen molar-refractivity contribution in [2.75, 3.05) is 0 Å². The van der Waals surface area contributed by atoms with Crippen molar-refractivity contribution in [2.24, 2.45) is 0 Å². The fraction of sp³-hybridized carbons (Fsp3) is 0.429. The Morgan fingerprint density at radius 3 is 2.55 bits per heavy atom. The lowest BCUT2D eigenvalue weighted by Crippen LogP contribution is -2.35. The molecule has 0 atom stereocenters. The van der Waals surface area contributed by atoms with E-state index in [1.165, 1.54) is 0 Å². The molecule has 1 N–H and O–H groups in total. The van der Waals surface area contributed by atoms with Gasteiger partial charge in [0.15, 0.2) is 0 Å². The van der Waals surface area contributed by atoms with Crippen LogP contribution in [0.5, 0.6) is 0 Å². The minimum absolute atomic E-state index is 0.0363. The number of nitrogens with zero attached hydrogens (tertiary/aromatic N) is 3. The van der Waals surface area contributed by atoms with Crippen molar-refractivity contribution in [1.29, 1.82) is 0 Å². The summed E-state index contributed by atoms with van der Waals surface area (Å²) in [6, 6.07) is 3.63. The number of hydrogen-bond donors (Lipinski definition) is 1. The molecule has 0 aliphatic heterocycles. The quantitative estimate of drug-likeness (QED) is 0.938. The molecule has 0 saturated heterocycles. The van der Waals surface area contributed by atoms with Gasteiger partial charge in [-0.3, -0.25) is 0 Å². The van der Waals surface area contributed by atoms with Gasteiger partial charge in [-0.1, -0.05) is 28.4 Å². The van der Waals surface area contributed by atoms with E-state index < -0.39 is 0 Å². The fourth-order valence-electron chi connectivity index (χ4n) is 1.66. The number of benzene rings is 1. The second-order valence-corrected chi connectivity index (χ2v) is 6.63. The molecule has 4 nitrogen and oxygen atoms in total. The Hall–Kier alpha value is -1.10. The van der Waals surface area contributed by atoms with Crippen LogP contribution in [0.4, 0.5) is 0 Å². The van der Waals surface area contributed by atoms with Crippen molar-refractivity contribution < 1.29 is 0 Å². The molecule has 0 spiro atoms. The largest absolute Gasteiger partial charge is 0.306 e. The molecule has 0 radical (unpaired) electrons. The van der Waals surface area contributed by atoms with Gasteiger partial charge in [0.05, 0.1) is 22.6 Å². The summed E-state index contributed by atoms with van der Waals surface area (Å²) in [6.45, 7) is 8.88. The average molecular weight is 313 g/mol. The number of aromatic nitrogens is 3. The predicted molar refractivity (Wildman–Crippen MR) is 82.7 cm³/mol. The summed E-state index contributed by atoms with van der Waals surface area (Å²) >= 11 is 12.4. The molecule has 0 bridgehead atoms. The van der Waals surface area contributed by atoms with E-state index in [1.807, 2.05) is 19.2 Å². The first-order chi connectivity index (χ1) is 9.26. The summed E-state index contributed by atoms with van der Waals surface area (Å²) in [6.07, 6.45) is 1.85. The van der Waals surface area contributed by atoms with Crippen molar-refractivity contribution in [3.63, 3.8) is 0 Å². The summed E-state index contributed by atoms with van der Waals surface area (Å²) in [4.78, 5) is 0. The molecule has 2 rings (SSSR count). The monoisotopic (exact) mass is 312 g/mol. The lowest BCUT2D eigenvalue weighted by atomic mass is 10.1. The minimum atomic E-state index is 0.0363. The van der Waals surface area contributed by atoms with Gasteiger partial charge in [0.1, 0.15) is 0 Å². The highest BCUT2D eigenvalue weighted by atomic mass is 35.5. The number of aryl methyl sites for hydroxylation is 1. The van der Waals surface area contributed by atoms with E-state index >= 15 is 0 Å². The lowest BCUT2D eigenvalue weighted by molar-refractivity contribution is 0.421. The third kappa shape index (κ3) is 3.72. The molecule has 0 amide bonds. The Kier molecular flexibility index (Phi) is 4.37. The Morgan fingerprint density at radius 1 is 1.20 bits per heavy atom. The van der Waals surface area contributed by atoms with Crippen LogP contribution in [-0.4, -0.2) is 20.5 Å². The third-order valence-corrected chi connectivity index (χ3v) is 3.53. The zero-order valence-electron chi connectivity index (χ0n) is 12.0. The van der Waals surface area contributed by atoms with Crippen LogP contribution in [0.1, 0.15) is 32.0 Å². The number of hydrogen-bond acceptors (Lipinski definition) is 3. The Morgan fingerprint density at radius 2 is 1.90 bits per heavy atom. The van der Waals surface area contributed by atoms with Gasteiger partial charge >= 0.3 is 0 Å². The van der Waals surface area contributed by atoms with E-state index in [0.29, 0.717) is 16.6 Å². The van der Waals surface area contributed by atoms with E-state index in [1.54, 1.807) is 10.7 Å². The van der Waals surface area contributed by atoms with Gasteiger partial charge in [-0.05, 0) is 45.4 Å². The van der Waals surface area contributed by atoms with Gasteiger partial charge in [0, 0.05) is 17.1 Å². The third-order valence-electron chi connectivity index (χ3n) is 2.82. The molecule has 1 aromatic heterocycles. The first-order valence-electron chi connectivity index (χ1n) is 6.38. The molecule has 0 fully saturated rings. The minimum Gasteiger partial charge on any atom is -0.306 e. The van der Waals surface area contributed by atoms with Gasteiger partial charge in [-0.2, -0.15) is 0 Å². The van der Waals surface area contributed by atoms with Gasteiger partial charge < -0.3 is 5.32 Å². The van der Waals surface area contributed by atoms with Crippen LogP contribution < -0.4 is 5.32 Å². The summed E-state index contributed by atoms with van der Waals surface area (Å²) < 4.78 is 1.65. The molecular weight excluding hydrogens is 295 g/mol. The molecule has 0 saturated carbocycles. The smallest absolute Gasteiger partial charge is 0.0969 e. The van der Waals surface area contributed by atoms with E-state index in [9.17, 15) is 0 Å². The number of halogens is 2. The van der Waals surface area contributed by atoms with Gasteiger partial charge in [-0.15, -0.1) is 5.10 Å². The summed E-state index contributed by atoms with van der Waals surface area (Å²) in [7, 11) is 0. The second-order valence-electron chi connectivity index (χ2n) is 5.81. The molecule has 108 valence electrons. The van der Waals surface area contributed by atoms with Crippen LogP contribution in [-0.2, 0) is 6.54 Å². The molecule has 1 heterocycles. The Balaban J connectivity index is 2.23. The van der Waals surface area contributed by atoms with Gasteiger partial charge in [-0.25, -0.2) is 4.68 Å². The highest BCUT2D eigenvalue weighted by molar-refractivity contribution is 6.35. The molecule has 0 aliphatic rings. The molecule has 0 unspecified atom stereocenters. The van der Waals surface area contributed by atoms with Gasteiger partial charge in [0.25, 0.3) is 0 Å². The molecular formula is C14H18Cl2N4. The van der Waals surface area contributed by atoms with Crippen LogP contribution in [0.2, 0.25) is 10.0 Å². The van der Waals surface area contributed by atoms with Crippen LogP contribution >= 0.6 is 23.2 Å². The van der Waals surface area contributed by atoms with E-state index in [2.05, 4.69) is 36.4 Å². The highest BCUT2D eigenvalue weighted by Gasteiger charge is 2.12. The SMILES string of the molecule is Cc1cc(Cl)c(-n2cc(CNC(C)(C)C)nn2)cc1Cl. The predicted octanol–water partition coefficient (Wildman–Crippen LogP) is 3.77. The summed E-state index contributed by atoms with van der Waals surface area (Å²) in [5.74, 6) is 0. The normalized spacial score (nSPS) is 11.9. The molecule has 1 aromatic carbocycles. The van der Waals surface area contributed by atoms with Crippen molar-refractivity contribution in [2.45, 2.75) is 39.8 Å². The maximum atomic E-state index is 6.23.